The molecule has 0 saturated heterocycles. The van der Waals surface area contributed by atoms with Crippen LogP contribution in [0.5, 0.6) is 11.5 Å². The summed E-state index contributed by atoms with van der Waals surface area (Å²) >= 11 is 0. The van der Waals surface area contributed by atoms with E-state index in [1.165, 1.54) is 11.1 Å². The van der Waals surface area contributed by atoms with Crippen LogP contribution in [0, 0.1) is 0 Å². The number of hydrogen-bond acceptors (Lipinski definition) is 5. The third kappa shape index (κ3) is 2.32. The van der Waals surface area contributed by atoms with Crippen molar-refractivity contribution in [1.82, 2.24) is 8.96 Å². The third-order valence-electron chi connectivity index (χ3n) is 4.31. The Morgan fingerprint density at radius 2 is 1.58 bits per heavy atom. The molecular formula is C19H16N2O4S. The van der Waals surface area contributed by atoms with E-state index in [-0.39, 0.29) is 4.90 Å². The summed E-state index contributed by atoms with van der Waals surface area (Å²) in [7, 11) is -0.740. The number of fused-ring (bicyclic) bond motifs is 3. The Labute approximate surface area is 150 Å². The molecule has 6 nitrogen and oxygen atoms in total. The third-order valence-corrected chi connectivity index (χ3v) is 6.05. The van der Waals surface area contributed by atoms with Gasteiger partial charge in [0, 0.05) is 29.2 Å². The zero-order chi connectivity index (χ0) is 18.3. The highest BCUT2D eigenvalue weighted by molar-refractivity contribution is 7.90. The molecule has 0 unspecified atom stereocenters. The Hall–Kier alpha value is -3.06. The van der Waals surface area contributed by atoms with Crippen LogP contribution in [0.15, 0.2) is 65.8 Å². The van der Waals surface area contributed by atoms with Crippen LogP contribution in [0.1, 0.15) is 0 Å². The lowest BCUT2D eigenvalue weighted by Gasteiger charge is -2.11. The Bertz CT molecular complexity index is 1210. The van der Waals surface area contributed by atoms with Crippen LogP contribution in [0.2, 0.25) is 0 Å². The molecule has 2 aromatic heterocycles. The lowest BCUT2D eigenvalue weighted by Crippen LogP contribution is -2.12. The van der Waals surface area contributed by atoms with Crippen molar-refractivity contribution in [3.8, 4) is 11.5 Å². The molecule has 132 valence electrons. The first-order chi connectivity index (χ1) is 12.6. The highest BCUT2D eigenvalue weighted by Crippen LogP contribution is 2.38. The van der Waals surface area contributed by atoms with Gasteiger partial charge in [0.15, 0.2) is 11.5 Å². The number of benzene rings is 2. The SMILES string of the molecule is COc1cc2c3cnccc3n(S(=O)(=O)c3ccccc3)c2cc1OC. The fourth-order valence-electron chi connectivity index (χ4n) is 3.11. The van der Waals surface area contributed by atoms with Crippen molar-refractivity contribution in [3.05, 3.63) is 60.9 Å². The molecule has 0 radical (unpaired) electrons. The van der Waals surface area contributed by atoms with Crippen molar-refractivity contribution >= 4 is 31.8 Å². The standard InChI is InChI=1S/C19H16N2O4S/c1-24-18-10-14-15-12-20-9-8-16(15)21(17(14)11-19(18)25-2)26(22,23)13-6-4-3-5-7-13/h3-12H,1-2H3. The van der Waals surface area contributed by atoms with Gasteiger partial charge in [0.05, 0.1) is 30.1 Å². The molecule has 0 amide bonds. The van der Waals surface area contributed by atoms with Gasteiger partial charge in [-0.05, 0) is 24.3 Å². The summed E-state index contributed by atoms with van der Waals surface area (Å²) in [6.07, 6.45) is 3.23. The van der Waals surface area contributed by atoms with Gasteiger partial charge in [0.2, 0.25) is 0 Å². The number of hydrogen-bond donors (Lipinski definition) is 0. The van der Waals surface area contributed by atoms with Crippen molar-refractivity contribution in [2.24, 2.45) is 0 Å². The molecule has 0 aliphatic carbocycles. The van der Waals surface area contributed by atoms with Crippen LogP contribution < -0.4 is 9.47 Å². The fraction of sp³-hybridized carbons (Fsp3) is 0.105. The van der Waals surface area contributed by atoms with Crippen molar-refractivity contribution in [3.63, 3.8) is 0 Å². The number of methoxy groups -OCH3 is 2. The highest BCUT2D eigenvalue weighted by Gasteiger charge is 2.24. The van der Waals surface area contributed by atoms with Crippen LogP contribution in [-0.4, -0.2) is 31.6 Å². The highest BCUT2D eigenvalue weighted by atomic mass is 32.2. The number of rotatable bonds is 4. The zero-order valence-electron chi connectivity index (χ0n) is 14.2. The number of aromatic nitrogens is 2. The Balaban J connectivity index is 2.17. The summed E-state index contributed by atoms with van der Waals surface area (Å²) < 4.78 is 38.8. The predicted molar refractivity (Wildman–Crippen MR) is 99.4 cm³/mol. The quantitative estimate of drug-likeness (QED) is 0.552. The van der Waals surface area contributed by atoms with E-state index in [1.807, 2.05) is 0 Å². The van der Waals surface area contributed by atoms with Crippen LogP contribution in [0.25, 0.3) is 21.8 Å². The van der Waals surface area contributed by atoms with Gasteiger partial charge in [-0.2, -0.15) is 0 Å². The van der Waals surface area contributed by atoms with Crippen molar-refractivity contribution in [2.45, 2.75) is 4.90 Å². The first-order valence-electron chi connectivity index (χ1n) is 7.88. The van der Waals surface area contributed by atoms with E-state index in [1.54, 1.807) is 68.0 Å². The maximum Gasteiger partial charge on any atom is 0.268 e. The van der Waals surface area contributed by atoms with Gasteiger partial charge in [0.1, 0.15) is 0 Å². The van der Waals surface area contributed by atoms with Gasteiger partial charge in [-0.3, -0.25) is 4.98 Å². The normalized spacial score (nSPS) is 11.8. The summed E-state index contributed by atoms with van der Waals surface area (Å²) in [6.45, 7) is 0. The van der Waals surface area contributed by atoms with Crippen molar-refractivity contribution in [1.29, 1.82) is 0 Å². The largest absolute Gasteiger partial charge is 0.493 e. The molecule has 0 bridgehead atoms. The first kappa shape index (κ1) is 16.4. The lowest BCUT2D eigenvalue weighted by atomic mass is 10.2. The molecule has 0 N–H and O–H groups in total. The lowest BCUT2D eigenvalue weighted by molar-refractivity contribution is 0.356. The topological polar surface area (TPSA) is 70.4 Å². The average molecular weight is 368 g/mol. The van der Waals surface area contributed by atoms with Gasteiger partial charge in [-0.1, -0.05) is 18.2 Å². The minimum absolute atomic E-state index is 0.213. The van der Waals surface area contributed by atoms with E-state index in [9.17, 15) is 8.42 Å². The molecule has 7 heteroatoms. The fourth-order valence-corrected chi connectivity index (χ4v) is 4.65. The summed E-state index contributed by atoms with van der Waals surface area (Å²) in [6, 6.07) is 13.5. The second kappa shape index (κ2) is 6.03. The summed E-state index contributed by atoms with van der Waals surface area (Å²) in [5.74, 6) is 0.986. The molecular weight excluding hydrogens is 352 g/mol. The van der Waals surface area contributed by atoms with E-state index in [0.717, 1.165) is 10.8 Å². The molecule has 4 rings (SSSR count). The average Bonchev–Trinajstić information content (AvgIpc) is 3.01. The van der Waals surface area contributed by atoms with Crippen LogP contribution in [0.4, 0.5) is 0 Å². The molecule has 26 heavy (non-hydrogen) atoms. The maximum atomic E-state index is 13.3. The summed E-state index contributed by atoms with van der Waals surface area (Å²) in [4.78, 5) is 4.36. The van der Waals surface area contributed by atoms with E-state index >= 15 is 0 Å². The second-order valence-corrected chi connectivity index (χ2v) is 7.49. The molecule has 0 saturated carbocycles. The van der Waals surface area contributed by atoms with Crippen LogP contribution >= 0.6 is 0 Å². The zero-order valence-corrected chi connectivity index (χ0v) is 15.0. The van der Waals surface area contributed by atoms with Gasteiger partial charge in [-0.15, -0.1) is 0 Å². The van der Waals surface area contributed by atoms with E-state index in [4.69, 9.17) is 9.47 Å². The smallest absolute Gasteiger partial charge is 0.268 e. The van der Waals surface area contributed by atoms with Gasteiger partial charge >= 0.3 is 0 Å². The minimum atomic E-state index is -3.80. The van der Waals surface area contributed by atoms with Crippen molar-refractivity contribution < 1.29 is 17.9 Å². The molecule has 0 atom stereocenters. The molecule has 0 aliphatic rings. The monoisotopic (exact) mass is 368 g/mol. The molecule has 4 aromatic rings. The molecule has 0 spiro atoms. The Kier molecular flexibility index (Phi) is 3.81. The molecule has 0 fully saturated rings. The molecule has 2 aromatic carbocycles. The molecule has 2 heterocycles. The van der Waals surface area contributed by atoms with Gasteiger partial charge in [0.25, 0.3) is 10.0 Å². The minimum Gasteiger partial charge on any atom is -0.493 e. The first-order valence-corrected chi connectivity index (χ1v) is 9.32. The van der Waals surface area contributed by atoms with Crippen molar-refractivity contribution in [2.75, 3.05) is 14.2 Å². The predicted octanol–water partition coefficient (Wildman–Crippen LogP) is 3.44. The Morgan fingerprint density at radius 1 is 0.885 bits per heavy atom. The number of nitrogens with zero attached hydrogens (tertiary/aromatic N) is 2. The summed E-state index contributed by atoms with van der Waals surface area (Å²) in [5, 5.41) is 1.45. The van der Waals surface area contributed by atoms with E-state index in [2.05, 4.69) is 4.98 Å². The molecule has 0 aliphatic heterocycles. The number of pyridine rings is 1. The second-order valence-electron chi connectivity index (χ2n) is 5.70. The van der Waals surface area contributed by atoms with Crippen LogP contribution in [-0.2, 0) is 10.0 Å². The van der Waals surface area contributed by atoms with E-state index < -0.39 is 10.0 Å². The van der Waals surface area contributed by atoms with Gasteiger partial charge in [-0.25, -0.2) is 12.4 Å². The van der Waals surface area contributed by atoms with Gasteiger partial charge < -0.3 is 9.47 Å². The Morgan fingerprint density at radius 3 is 2.27 bits per heavy atom. The maximum absolute atomic E-state index is 13.3. The summed E-state index contributed by atoms with van der Waals surface area (Å²) in [5.41, 5.74) is 1.06. The number of ether oxygens (including phenoxy) is 2. The van der Waals surface area contributed by atoms with Crippen LogP contribution in [0.3, 0.4) is 0 Å². The van der Waals surface area contributed by atoms with E-state index in [0.29, 0.717) is 22.5 Å².